The molecule has 27 heavy (non-hydrogen) atoms. The fourth-order valence-corrected chi connectivity index (χ4v) is 3.82. The van der Waals surface area contributed by atoms with E-state index in [1.54, 1.807) is 7.11 Å². The van der Waals surface area contributed by atoms with Gasteiger partial charge < -0.3 is 24.8 Å². The second-order valence-electron chi connectivity index (χ2n) is 6.77. The third kappa shape index (κ3) is 5.87. The lowest BCUT2D eigenvalue weighted by Gasteiger charge is -2.28. The molecule has 2 atom stereocenters. The third-order valence-electron chi connectivity index (χ3n) is 4.62. The van der Waals surface area contributed by atoms with Gasteiger partial charge in [0, 0.05) is 13.7 Å². The summed E-state index contributed by atoms with van der Waals surface area (Å²) in [5.74, 6) is 0.687. The van der Waals surface area contributed by atoms with Crippen LogP contribution in [-0.4, -0.2) is 59.7 Å². The fraction of sp³-hybridized carbons (Fsp3) is 0.579. The number of nitrogens with zero attached hydrogens (tertiary/aromatic N) is 3. The van der Waals surface area contributed by atoms with Gasteiger partial charge in [-0.25, -0.2) is 0 Å². The number of methoxy groups -OCH3 is 1. The first kappa shape index (κ1) is 20.0. The van der Waals surface area contributed by atoms with Gasteiger partial charge in [-0.2, -0.15) is 0 Å². The predicted octanol–water partition coefficient (Wildman–Crippen LogP) is 3.21. The summed E-state index contributed by atoms with van der Waals surface area (Å²) in [5.41, 5.74) is 0.801. The second-order valence-corrected chi connectivity index (χ2v) is 7.78. The molecule has 1 aliphatic rings. The summed E-state index contributed by atoms with van der Waals surface area (Å²) >= 11 is 1.45. The Bertz CT molecular complexity index is 706. The average Bonchev–Trinajstić information content (AvgIpc) is 3.16. The number of aromatic nitrogens is 2. The van der Waals surface area contributed by atoms with E-state index in [9.17, 15) is 5.11 Å². The highest BCUT2D eigenvalue weighted by molar-refractivity contribution is 7.15. The summed E-state index contributed by atoms with van der Waals surface area (Å²) in [6.45, 7) is 4.98. The average molecular weight is 393 g/mol. The summed E-state index contributed by atoms with van der Waals surface area (Å²) in [7, 11) is 1.65. The van der Waals surface area contributed by atoms with Crippen LogP contribution >= 0.6 is 11.3 Å². The molecule has 1 fully saturated rings. The zero-order valence-corrected chi connectivity index (χ0v) is 16.7. The first-order valence-corrected chi connectivity index (χ1v) is 10.2. The van der Waals surface area contributed by atoms with Crippen LogP contribution < -0.4 is 10.1 Å². The van der Waals surface area contributed by atoms with E-state index in [0.29, 0.717) is 17.4 Å². The first-order valence-electron chi connectivity index (χ1n) is 9.41. The number of likely N-dealkylation sites (tertiary alicyclic amines) is 1. The minimum absolute atomic E-state index is 0.0884. The van der Waals surface area contributed by atoms with Gasteiger partial charge >= 0.3 is 0 Å². The molecule has 0 bridgehead atoms. The highest BCUT2D eigenvalue weighted by atomic mass is 32.1. The summed E-state index contributed by atoms with van der Waals surface area (Å²) in [6, 6.07) is 7.65. The number of β-amino-alcohol motifs (C(OH)–C–C–N with tert-alkyl or cyclic N) is 1. The highest BCUT2D eigenvalue weighted by Gasteiger charge is 2.16. The quantitative estimate of drug-likeness (QED) is 0.678. The van der Waals surface area contributed by atoms with Gasteiger partial charge in [0.2, 0.25) is 5.13 Å². The molecule has 1 saturated heterocycles. The molecular weight excluding hydrogens is 364 g/mol. The molecule has 2 unspecified atom stereocenters. The molecule has 0 spiro atoms. The van der Waals surface area contributed by atoms with E-state index in [0.717, 1.165) is 23.8 Å². The van der Waals surface area contributed by atoms with Gasteiger partial charge in [-0.3, -0.25) is 0 Å². The number of benzene rings is 1. The number of ether oxygens (including phenoxy) is 2. The van der Waals surface area contributed by atoms with Crippen LogP contribution in [0.4, 0.5) is 10.8 Å². The van der Waals surface area contributed by atoms with Crippen molar-refractivity contribution in [2.75, 3.05) is 38.7 Å². The smallest absolute Gasteiger partial charge is 0.210 e. The molecule has 2 aromatic rings. The van der Waals surface area contributed by atoms with Crippen LogP contribution in [0.25, 0.3) is 0 Å². The summed E-state index contributed by atoms with van der Waals surface area (Å²) in [5, 5.41) is 23.4. The van der Waals surface area contributed by atoms with Crippen LogP contribution in [0.1, 0.15) is 37.3 Å². The van der Waals surface area contributed by atoms with Gasteiger partial charge in [-0.15, -0.1) is 10.2 Å². The van der Waals surface area contributed by atoms with Crippen molar-refractivity contribution in [3.05, 3.63) is 29.3 Å². The van der Waals surface area contributed by atoms with Gasteiger partial charge in [0.05, 0.1) is 5.69 Å². The Labute approximate surface area is 164 Å². The van der Waals surface area contributed by atoms with Crippen LogP contribution in [-0.2, 0) is 4.74 Å². The van der Waals surface area contributed by atoms with Crippen molar-refractivity contribution in [1.29, 1.82) is 0 Å². The minimum atomic E-state index is -0.508. The van der Waals surface area contributed by atoms with Gasteiger partial charge in [0.25, 0.3) is 0 Å². The molecule has 0 saturated carbocycles. The number of piperidine rings is 1. The highest BCUT2D eigenvalue weighted by Crippen LogP contribution is 2.30. The Balaban J connectivity index is 1.56. The minimum Gasteiger partial charge on any atom is -0.489 e. The summed E-state index contributed by atoms with van der Waals surface area (Å²) in [6.07, 6.45) is 3.12. The number of hydrogen-bond donors (Lipinski definition) is 2. The van der Waals surface area contributed by atoms with Crippen molar-refractivity contribution >= 4 is 22.2 Å². The lowest BCUT2D eigenvalue weighted by atomic mass is 10.1. The number of anilines is 2. The van der Waals surface area contributed by atoms with Crippen LogP contribution in [0.3, 0.4) is 0 Å². The lowest BCUT2D eigenvalue weighted by molar-refractivity contribution is 0.0619. The molecule has 1 aromatic carbocycles. The van der Waals surface area contributed by atoms with E-state index in [1.807, 2.05) is 31.2 Å². The topological polar surface area (TPSA) is 79.7 Å². The van der Waals surface area contributed by atoms with E-state index in [4.69, 9.17) is 9.47 Å². The van der Waals surface area contributed by atoms with E-state index in [1.165, 1.54) is 30.6 Å². The molecule has 2 N–H and O–H groups in total. The van der Waals surface area contributed by atoms with Crippen molar-refractivity contribution in [3.8, 4) is 5.75 Å². The van der Waals surface area contributed by atoms with Crippen LogP contribution in [0, 0.1) is 0 Å². The van der Waals surface area contributed by atoms with Crippen LogP contribution in [0.5, 0.6) is 5.75 Å². The Morgan fingerprint density at radius 1 is 1.22 bits per heavy atom. The molecule has 3 rings (SSSR count). The maximum atomic E-state index is 10.3. The van der Waals surface area contributed by atoms with Crippen molar-refractivity contribution < 1.29 is 14.6 Å². The fourth-order valence-electron chi connectivity index (χ4n) is 3.04. The van der Waals surface area contributed by atoms with Gasteiger partial charge in [0.15, 0.2) is 0 Å². The van der Waals surface area contributed by atoms with Crippen molar-refractivity contribution in [2.45, 2.75) is 38.4 Å². The van der Waals surface area contributed by atoms with Crippen molar-refractivity contribution in [1.82, 2.24) is 15.1 Å². The Hall–Kier alpha value is -1.74. The number of aliphatic hydroxyl groups excluding tert-OH is 1. The van der Waals surface area contributed by atoms with Crippen LogP contribution in [0.15, 0.2) is 24.3 Å². The molecule has 0 amide bonds. The zero-order chi connectivity index (χ0) is 19.1. The molecule has 7 nitrogen and oxygen atoms in total. The number of nitrogens with one attached hydrogen (secondary N) is 1. The molecule has 1 aliphatic heterocycles. The maximum absolute atomic E-state index is 10.3. The molecule has 2 heterocycles. The normalized spacial score (nSPS) is 17.4. The Kier molecular flexibility index (Phi) is 7.40. The number of hydrogen-bond acceptors (Lipinski definition) is 8. The Morgan fingerprint density at radius 2 is 2.00 bits per heavy atom. The number of aliphatic hydroxyl groups is 1. The largest absolute Gasteiger partial charge is 0.489 e. The van der Waals surface area contributed by atoms with Gasteiger partial charge in [-0.1, -0.05) is 29.9 Å². The third-order valence-corrected chi connectivity index (χ3v) is 5.62. The molecule has 148 valence electrons. The molecule has 0 aliphatic carbocycles. The van der Waals surface area contributed by atoms with Crippen molar-refractivity contribution in [3.63, 3.8) is 0 Å². The van der Waals surface area contributed by atoms with Gasteiger partial charge in [0.1, 0.15) is 29.6 Å². The maximum Gasteiger partial charge on any atom is 0.210 e. The zero-order valence-electron chi connectivity index (χ0n) is 15.9. The van der Waals surface area contributed by atoms with E-state index >= 15 is 0 Å². The monoisotopic (exact) mass is 392 g/mol. The van der Waals surface area contributed by atoms with E-state index < -0.39 is 6.10 Å². The molecule has 0 radical (unpaired) electrons. The lowest BCUT2D eigenvalue weighted by Crippen LogP contribution is -2.38. The second kappa shape index (κ2) is 9.98. The molecular formula is C19H28N4O3S. The van der Waals surface area contributed by atoms with E-state index in [2.05, 4.69) is 20.4 Å². The molecule has 1 aromatic heterocycles. The number of rotatable bonds is 9. The first-order chi connectivity index (χ1) is 13.2. The standard InChI is InChI=1S/C19H28N4O3S/c1-14(25-2)18-21-22-19(27-18)20-16-8-4-5-9-17(16)26-13-15(24)12-23-10-6-3-7-11-23/h4-5,8-9,14-15,24H,3,6-7,10-13H2,1-2H3,(H,20,22). The summed E-state index contributed by atoms with van der Waals surface area (Å²) in [4.78, 5) is 2.31. The summed E-state index contributed by atoms with van der Waals surface area (Å²) < 4.78 is 11.2. The van der Waals surface area contributed by atoms with Crippen LogP contribution in [0.2, 0.25) is 0 Å². The molecule has 8 heteroatoms. The number of para-hydroxylation sites is 2. The SMILES string of the molecule is COC(C)c1nnc(Nc2ccccc2OCC(O)CN2CCCCC2)s1. The van der Waals surface area contributed by atoms with Gasteiger partial charge in [-0.05, 0) is 45.0 Å². The van der Waals surface area contributed by atoms with E-state index in [-0.39, 0.29) is 12.7 Å². The van der Waals surface area contributed by atoms with Crippen molar-refractivity contribution in [2.24, 2.45) is 0 Å². The Morgan fingerprint density at radius 3 is 2.78 bits per heavy atom. The predicted molar refractivity (Wildman–Crippen MR) is 107 cm³/mol.